The van der Waals surface area contributed by atoms with Gasteiger partial charge in [-0.2, -0.15) is 0 Å². The number of benzene rings is 1. The van der Waals surface area contributed by atoms with Gasteiger partial charge in [0.1, 0.15) is 17.7 Å². The average Bonchev–Trinajstić information content (AvgIpc) is 3.17. The normalized spacial score (nSPS) is 19.6. The molecule has 1 saturated heterocycles. The number of piperidine rings is 1. The molecule has 1 fully saturated rings. The number of hydrogen-bond acceptors (Lipinski definition) is 4. The number of nitrogens with one attached hydrogen (secondary N) is 1. The van der Waals surface area contributed by atoms with Crippen molar-refractivity contribution in [2.75, 3.05) is 20.2 Å². The van der Waals surface area contributed by atoms with Crippen molar-refractivity contribution in [1.29, 1.82) is 0 Å². The lowest BCUT2D eigenvalue weighted by Gasteiger charge is -2.34. The predicted octanol–water partition coefficient (Wildman–Crippen LogP) is 3.03. The van der Waals surface area contributed by atoms with Crippen LogP contribution in [0.15, 0.2) is 40.8 Å². The second-order valence-corrected chi connectivity index (χ2v) is 6.55. The molecule has 0 bridgehead atoms. The van der Waals surface area contributed by atoms with Crippen molar-refractivity contribution in [3.63, 3.8) is 0 Å². The lowest BCUT2D eigenvalue weighted by atomic mass is 10.0. The van der Waals surface area contributed by atoms with Gasteiger partial charge in [0.05, 0.1) is 13.7 Å². The van der Waals surface area contributed by atoms with Gasteiger partial charge in [-0.3, -0.25) is 9.59 Å². The highest BCUT2D eigenvalue weighted by molar-refractivity contribution is 5.92. The Morgan fingerprint density at radius 2 is 1.96 bits per heavy atom. The molecule has 1 aromatic carbocycles. The largest absolute Gasteiger partial charge is 0.497 e. The highest BCUT2D eigenvalue weighted by Gasteiger charge is 2.30. The zero-order valence-electron chi connectivity index (χ0n) is 15.4. The number of halogens is 1. The monoisotopic (exact) mass is 374 g/mol. The first-order valence-electron chi connectivity index (χ1n) is 8.97. The van der Waals surface area contributed by atoms with E-state index in [9.17, 15) is 14.0 Å². The molecule has 7 heteroatoms. The number of furan rings is 1. The minimum Gasteiger partial charge on any atom is -0.497 e. The number of nitrogens with zero attached hydrogens (tertiary/aromatic N) is 1. The van der Waals surface area contributed by atoms with Crippen LogP contribution in [0.4, 0.5) is 4.39 Å². The highest BCUT2D eigenvalue weighted by Crippen LogP contribution is 2.25. The molecule has 144 valence electrons. The lowest BCUT2D eigenvalue weighted by Crippen LogP contribution is -2.53. The third-order valence-corrected chi connectivity index (χ3v) is 4.59. The van der Waals surface area contributed by atoms with E-state index in [2.05, 4.69) is 5.32 Å². The van der Waals surface area contributed by atoms with Crippen molar-refractivity contribution in [2.24, 2.45) is 0 Å². The quantitative estimate of drug-likeness (QED) is 0.873. The summed E-state index contributed by atoms with van der Waals surface area (Å²) in [6.07, 6.45) is -0.645. The molecule has 2 atom stereocenters. The molecule has 0 radical (unpaired) electrons. The molecule has 1 aliphatic rings. The fourth-order valence-electron chi connectivity index (χ4n) is 3.20. The van der Waals surface area contributed by atoms with Crippen LogP contribution < -0.4 is 10.1 Å². The Labute approximate surface area is 157 Å². The van der Waals surface area contributed by atoms with Gasteiger partial charge < -0.3 is 19.4 Å². The highest BCUT2D eigenvalue weighted by atomic mass is 19.1. The Balaban J connectivity index is 1.65. The van der Waals surface area contributed by atoms with Gasteiger partial charge in [-0.1, -0.05) is 6.92 Å². The van der Waals surface area contributed by atoms with Crippen LogP contribution in [0.1, 0.15) is 30.3 Å². The third kappa shape index (κ3) is 4.48. The van der Waals surface area contributed by atoms with Crippen molar-refractivity contribution in [2.45, 2.75) is 32.0 Å². The summed E-state index contributed by atoms with van der Waals surface area (Å²) in [7, 11) is 1.59. The molecule has 1 aliphatic heterocycles. The molecule has 1 N–H and O–H groups in total. The standard InChI is InChI=1S/C20H23FN2O4/c1-3-19(24)23-11-14(21)10-15(12-23)22-20(25)18-9-8-17(27-18)13-4-6-16(26-2)7-5-13/h4-9,14-15H,3,10-12H2,1-2H3,(H,22,25)/t14-,15+/m1/s1. The van der Waals surface area contributed by atoms with E-state index >= 15 is 0 Å². The van der Waals surface area contributed by atoms with Gasteiger partial charge in [0.15, 0.2) is 5.76 Å². The van der Waals surface area contributed by atoms with E-state index < -0.39 is 18.1 Å². The van der Waals surface area contributed by atoms with Crippen LogP contribution in [0.2, 0.25) is 0 Å². The van der Waals surface area contributed by atoms with E-state index in [-0.39, 0.29) is 24.6 Å². The molecule has 6 nitrogen and oxygen atoms in total. The van der Waals surface area contributed by atoms with E-state index in [1.165, 1.54) is 4.90 Å². The summed E-state index contributed by atoms with van der Waals surface area (Å²) in [5.74, 6) is 0.898. The van der Waals surface area contributed by atoms with Crippen molar-refractivity contribution in [1.82, 2.24) is 10.2 Å². The summed E-state index contributed by atoms with van der Waals surface area (Å²) in [4.78, 5) is 25.8. The van der Waals surface area contributed by atoms with Crippen molar-refractivity contribution in [3.05, 3.63) is 42.2 Å². The van der Waals surface area contributed by atoms with Gasteiger partial charge >= 0.3 is 0 Å². The maximum Gasteiger partial charge on any atom is 0.287 e. The zero-order chi connectivity index (χ0) is 19.4. The molecule has 0 saturated carbocycles. The maximum absolute atomic E-state index is 13.9. The Morgan fingerprint density at radius 1 is 1.22 bits per heavy atom. The van der Waals surface area contributed by atoms with Crippen LogP contribution in [0, 0.1) is 0 Å². The molecule has 1 aromatic heterocycles. The fraction of sp³-hybridized carbons (Fsp3) is 0.400. The first kappa shape index (κ1) is 18.9. The van der Waals surface area contributed by atoms with E-state index in [4.69, 9.17) is 9.15 Å². The Hall–Kier alpha value is -2.83. The number of likely N-dealkylation sites (tertiary alicyclic amines) is 1. The first-order chi connectivity index (χ1) is 13.0. The molecule has 27 heavy (non-hydrogen) atoms. The number of carbonyl (C=O) groups excluding carboxylic acids is 2. The molecule has 0 spiro atoms. The number of methoxy groups -OCH3 is 1. The summed E-state index contributed by atoms with van der Waals surface area (Å²) in [5.41, 5.74) is 0.816. The summed E-state index contributed by atoms with van der Waals surface area (Å²) in [5, 5.41) is 2.77. The van der Waals surface area contributed by atoms with Crippen LogP contribution in [-0.4, -0.2) is 49.1 Å². The number of hydrogen-bond donors (Lipinski definition) is 1. The van der Waals surface area contributed by atoms with Gasteiger partial charge in [0, 0.05) is 31.0 Å². The molecule has 2 heterocycles. The van der Waals surface area contributed by atoms with Crippen LogP contribution in [-0.2, 0) is 4.79 Å². The SMILES string of the molecule is CCC(=O)N1C[C@H](F)C[C@H](NC(=O)c2ccc(-c3ccc(OC)cc3)o2)C1. The van der Waals surface area contributed by atoms with Gasteiger partial charge in [-0.25, -0.2) is 4.39 Å². The summed E-state index contributed by atoms with van der Waals surface area (Å²) >= 11 is 0. The summed E-state index contributed by atoms with van der Waals surface area (Å²) in [6, 6.07) is 10.1. The van der Waals surface area contributed by atoms with Gasteiger partial charge in [0.25, 0.3) is 5.91 Å². The molecule has 0 aliphatic carbocycles. The van der Waals surface area contributed by atoms with Crippen molar-refractivity contribution < 1.29 is 23.1 Å². The molecular formula is C20H23FN2O4. The van der Waals surface area contributed by atoms with Crippen LogP contribution in [0.3, 0.4) is 0 Å². The number of alkyl halides is 1. The topological polar surface area (TPSA) is 71.8 Å². The Morgan fingerprint density at radius 3 is 2.63 bits per heavy atom. The zero-order valence-corrected chi connectivity index (χ0v) is 15.4. The molecular weight excluding hydrogens is 351 g/mol. The van der Waals surface area contributed by atoms with Gasteiger partial charge in [-0.05, 0) is 36.4 Å². The number of rotatable bonds is 5. The van der Waals surface area contributed by atoms with Crippen LogP contribution in [0.5, 0.6) is 5.75 Å². The minimum absolute atomic E-state index is 0.0847. The average molecular weight is 374 g/mol. The van der Waals surface area contributed by atoms with Crippen molar-refractivity contribution in [3.8, 4) is 17.1 Å². The van der Waals surface area contributed by atoms with E-state index in [0.29, 0.717) is 18.7 Å². The predicted molar refractivity (Wildman–Crippen MR) is 98.3 cm³/mol. The summed E-state index contributed by atoms with van der Waals surface area (Å²) in [6.45, 7) is 2.13. The lowest BCUT2D eigenvalue weighted by molar-refractivity contribution is -0.133. The molecule has 2 amide bonds. The summed E-state index contributed by atoms with van der Waals surface area (Å²) < 4.78 is 24.7. The minimum atomic E-state index is -1.15. The first-order valence-corrected chi connectivity index (χ1v) is 8.97. The third-order valence-electron chi connectivity index (χ3n) is 4.59. The van der Waals surface area contributed by atoms with E-state index in [0.717, 1.165) is 11.3 Å². The molecule has 3 rings (SSSR count). The second-order valence-electron chi connectivity index (χ2n) is 6.55. The molecule has 2 aromatic rings. The Kier molecular flexibility index (Phi) is 5.78. The van der Waals surface area contributed by atoms with Crippen LogP contribution >= 0.6 is 0 Å². The van der Waals surface area contributed by atoms with E-state index in [1.54, 1.807) is 38.3 Å². The van der Waals surface area contributed by atoms with Gasteiger partial charge in [0.2, 0.25) is 5.91 Å². The maximum atomic E-state index is 13.9. The van der Waals surface area contributed by atoms with Crippen molar-refractivity contribution >= 4 is 11.8 Å². The second kappa shape index (κ2) is 8.24. The van der Waals surface area contributed by atoms with Gasteiger partial charge in [-0.15, -0.1) is 0 Å². The fourth-order valence-corrected chi connectivity index (χ4v) is 3.20. The number of amides is 2. The Bertz CT molecular complexity index is 803. The van der Waals surface area contributed by atoms with Crippen LogP contribution in [0.25, 0.3) is 11.3 Å². The van der Waals surface area contributed by atoms with E-state index in [1.807, 2.05) is 12.1 Å². The molecule has 0 unspecified atom stereocenters. The number of ether oxygens (including phenoxy) is 1. The smallest absolute Gasteiger partial charge is 0.287 e. The number of carbonyl (C=O) groups is 2.